The summed E-state index contributed by atoms with van der Waals surface area (Å²) >= 11 is 14.0. The number of aliphatic hydroxyl groups is 1. The summed E-state index contributed by atoms with van der Waals surface area (Å²) in [4.78, 5) is 5.36. The van der Waals surface area contributed by atoms with E-state index in [0.29, 0.717) is 39.3 Å². The minimum atomic E-state index is 0.0139. The van der Waals surface area contributed by atoms with Crippen molar-refractivity contribution >= 4 is 56.1 Å². The van der Waals surface area contributed by atoms with Crippen molar-refractivity contribution in [3.8, 4) is 22.3 Å². The third-order valence-corrected chi connectivity index (χ3v) is 6.21. The van der Waals surface area contributed by atoms with Crippen molar-refractivity contribution in [1.82, 2.24) is 14.8 Å². The van der Waals surface area contributed by atoms with Gasteiger partial charge in [-0.25, -0.2) is 0 Å². The highest BCUT2D eigenvalue weighted by Crippen LogP contribution is 2.41. The van der Waals surface area contributed by atoms with E-state index < -0.39 is 0 Å². The van der Waals surface area contributed by atoms with Gasteiger partial charge >= 0.3 is 0 Å². The molecule has 0 aliphatic rings. The summed E-state index contributed by atoms with van der Waals surface area (Å²) in [5, 5.41) is 27.0. The molecular weight excluding hydrogens is 445 g/mol. The second-order valence-electron chi connectivity index (χ2n) is 6.29. The number of benzene rings is 1. The van der Waals surface area contributed by atoms with Crippen LogP contribution >= 0.6 is 34.5 Å². The van der Waals surface area contributed by atoms with Gasteiger partial charge in [0.15, 0.2) is 0 Å². The predicted octanol–water partition coefficient (Wildman–Crippen LogP) is 5.08. The van der Waals surface area contributed by atoms with Crippen molar-refractivity contribution in [3.05, 3.63) is 52.4 Å². The number of nitrogens with zero attached hydrogens (tertiary/aromatic N) is 4. The van der Waals surface area contributed by atoms with E-state index in [2.05, 4.69) is 21.5 Å². The number of anilines is 2. The van der Waals surface area contributed by atoms with Crippen molar-refractivity contribution < 1.29 is 9.84 Å². The second kappa shape index (κ2) is 8.50. The number of aromatic nitrogens is 3. The molecule has 0 bridgehead atoms. The third-order valence-electron chi connectivity index (χ3n) is 4.41. The molecule has 2 N–H and O–H groups in total. The van der Waals surface area contributed by atoms with Crippen LogP contribution in [0.25, 0.3) is 20.7 Å². The van der Waals surface area contributed by atoms with Crippen molar-refractivity contribution in [1.29, 1.82) is 5.26 Å². The zero-order chi connectivity index (χ0) is 21.3. The average Bonchev–Trinajstić information content (AvgIpc) is 3.37. The second-order valence-corrected chi connectivity index (χ2v) is 8.16. The maximum absolute atomic E-state index is 9.62. The van der Waals surface area contributed by atoms with Gasteiger partial charge in [0, 0.05) is 28.9 Å². The number of hydrogen-bond acceptors (Lipinski definition) is 7. The number of fused-ring (bicyclic) bond motifs is 1. The van der Waals surface area contributed by atoms with Gasteiger partial charge < -0.3 is 15.2 Å². The summed E-state index contributed by atoms with van der Waals surface area (Å²) in [5.74, 6) is 0.468. The predicted molar refractivity (Wildman–Crippen MR) is 119 cm³/mol. The van der Waals surface area contributed by atoms with Gasteiger partial charge in [-0.1, -0.05) is 23.2 Å². The number of methoxy groups -OCH3 is 1. The molecule has 0 atom stereocenters. The van der Waals surface area contributed by atoms with Crippen LogP contribution in [0.3, 0.4) is 0 Å². The molecule has 0 spiro atoms. The first-order valence-electron chi connectivity index (χ1n) is 8.80. The molecule has 0 radical (unpaired) electrons. The summed E-state index contributed by atoms with van der Waals surface area (Å²) in [5.41, 5.74) is 3.20. The standard InChI is InChI=1S/C20H15Cl2N5O2S/c1-29-17-5-15(13(21)4-14(17)22)26-19-11(7-23)8-24-16-6-18(30-20(16)19)12-9-25-27(10-12)2-3-28/h4-6,8-10,28H,2-3H2,1H3,(H,24,26). The molecular formula is C20H15Cl2N5O2S. The van der Waals surface area contributed by atoms with Crippen LogP contribution in [0.15, 0.2) is 36.8 Å². The van der Waals surface area contributed by atoms with Gasteiger partial charge in [-0.05, 0) is 12.1 Å². The first-order chi connectivity index (χ1) is 14.5. The molecule has 0 saturated heterocycles. The molecule has 4 aromatic rings. The lowest BCUT2D eigenvalue weighted by atomic mass is 10.2. The Morgan fingerprint density at radius 3 is 2.83 bits per heavy atom. The van der Waals surface area contributed by atoms with Crippen LogP contribution in [0.2, 0.25) is 10.0 Å². The number of nitrogens with one attached hydrogen (secondary N) is 1. The van der Waals surface area contributed by atoms with E-state index in [1.807, 2.05) is 12.3 Å². The zero-order valence-corrected chi connectivity index (χ0v) is 18.0. The molecule has 1 aromatic carbocycles. The molecule has 0 unspecified atom stereocenters. The molecule has 0 saturated carbocycles. The van der Waals surface area contributed by atoms with E-state index in [0.717, 1.165) is 20.7 Å². The first kappa shape index (κ1) is 20.4. The maximum Gasteiger partial charge on any atom is 0.139 e. The number of rotatable bonds is 6. The van der Waals surface area contributed by atoms with Gasteiger partial charge in [-0.15, -0.1) is 11.3 Å². The number of hydrogen-bond donors (Lipinski definition) is 2. The Hall–Kier alpha value is -2.83. The topological polar surface area (TPSA) is 96.0 Å². The smallest absolute Gasteiger partial charge is 0.139 e. The fraction of sp³-hybridized carbons (Fsp3) is 0.150. The van der Waals surface area contributed by atoms with Crippen LogP contribution in [0.5, 0.6) is 5.75 Å². The normalized spacial score (nSPS) is 10.9. The summed E-state index contributed by atoms with van der Waals surface area (Å²) in [6, 6.07) is 7.39. The summed E-state index contributed by atoms with van der Waals surface area (Å²) in [6.07, 6.45) is 5.12. The minimum absolute atomic E-state index is 0.0139. The Kier molecular flexibility index (Phi) is 5.79. The Morgan fingerprint density at radius 2 is 2.10 bits per heavy atom. The summed E-state index contributed by atoms with van der Waals surface area (Å²) in [7, 11) is 1.52. The van der Waals surface area contributed by atoms with Gasteiger partial charge in [-0.3, -0.25) is 9.67 Å². The van der Waals surface area contributed by atoms with Crippen molar-refractivity contribution in [2.45, 2.75) is 6.54 Å². The molecule has 152 valence electrons. The number of halogens is 2. The number of aliphatic hydroxyl groups excluding tert-OH is 1. The molecule has 3 aromatic heterocycles. The zero-order valence-electron chi connectivity index (χ0n) is 15.7. The van der Waals surface area contributed by atoms with Crippen LogP contribution in [0.1, 0.15) is 5.56 Å². The summed E-state index contributed by atoms with van der Waals surface area (Å²) < 4.78 is 7.76. The maximum atomic E-state index is 9.62. The van der Waals surface area contributed by atoms with Crippen molar-refractivity contribution in [2.24, 2.45) is 0 Å². The fourth-order valence-corrected chi connectivity index (χ4v) is 4.56. The number of thiophene rings is 1. The highest BCUT2D eigenvalue weighted by Gasteiger charge is 2.17. The van der Waals surface area contributed by atoms with E-state index in [1.54, 1.807) is 23.0 Å². The molecule has 0 aliphatic carbocycles. The lowest BCUT2D eigenvalue weighted by Gasteiger charge is -2.13. The van der Waals surface area contributed by atoms with Crippen LogP contribution in [0, 0.1) is 11.3 Å². The van der Waals surface area contributed by atoms with Crippen LogP contribution in [-0.2, 0) is 6.54 Å². The molecule has 10 heteroatoms. The average molecular weight is 460 g/mol. The lowest BCUT2D eigenvalue weighted by molar-refractivity contribution is 0.269. The molecule has 4 rings (SSSR count). The van der Waals surface area contributed by atoms with Gasteiger partial charge in [0.2, 0.25) is 0 Å². The fourth-order valence-electron chi connectivity index (χ4n) is 2.96. The number of ether oxygens (including phenoxy) is 1. The monoisotopic (exact) mass is 459 g/mol. The van der Waals surface area contributed by atoms with Crippen molar-refractivity contribution in [2.75, 3.05) is 19.0 Å². The Labute approximate surface area is 186 Å². The van der Waals surface area contributed by atoms with Crippen molar-refractivity contribution in [3.63, 3.8) is 0 Å². The van der Waals surface area contributed by atoms with E-state index >= 15 is 0 Å². The first-order valence-corrected chi connectivity index (χ1v) is 10.4. The van der Waals surface area contributed by atoms with Crippen LogP contribution in [0.4, 0.5) is 11.4 Å². The highest BCUT2D eigenvalue weighted by molar-refractivity contribution is 7.22. The Bertz CT molecular complexity index is 1280. The largest absolute Gasteiger partial charge is 0.495 e. The SMILES string of the molecule is COc1cc(Nc2c(C#N)cnc3cc(-c4cnn(CCO)c4)sc23)c(Cl)cc1Cl. The molecule has 0 fully saturated rings. The van der Waals surface area contributed by atoms with E-state index in [1.165, 1.54) is 24.6 Å². The van der Waals surface area contributed by atoms with E-state index in [9.17, 15) is 5.26 Å². The Morgan fingerprint density at radius 1 is 1.27 bits per heavy atom. The summed E-state index contributed by atoms with van der Waals surface area (Å²) in [6.45, 7) is 0.436. The minimum Gasteiger partial charge on any atom is -0.495 e. The van der Waals surface area contributed by atoms with E-state index in [4.69, 9.17) is 33.0 Å². The van der Waals surface area contributed by atoms with Gasteiger partial charge in [0.05, 0.1) is 63.7 Å². The highest BCUT2D eigenvalue weighted by atomic mass is 35.5. The molecule has 7 nitrogen and oxygen atoms in total. The number of nitriles is 1. The number of pyridine rings is 1. The van der Waals surface area contributed by atoms with Crippen LogP contribution < -0.4 is 10.1 Å². The molecule has 0 aliphatic heterocycles. The molecule has 30 heavy (non-hydrogen) atoms. The van der Waals surface area contributed by atoms with Gasteiger partial charge in [0.1, 0.15) is 11.8 Å². The molecule has 3 heterocycles. The quantitative estimate of drug-likeness (QED) is 0.417. The molecule has 0 amide bonds. The van der Waals surface area contributed by atoms with Gasteiger partial charge in [-0.2, -0.15) is 10.4 Å². The Balaban J connectivity index is 1.81. The van der Waals surface area contributed by atoms with E-state index in [-0.39, 0.29) is 6.61 Å². The van der Waals surface area contributed by atoms with Crippen LogP contribution in [-0.4, -0.2) is 33.6 Å². The lowest BCUT2D eigenvalue weighted by Crippen LogP contribution is -2.01. The van der Waals surface area contributed by atoms with Gasteiger partial charge in [0.25, 0.3) is 0 Å². The third kappa shape index (κ3) is 3.80.